The minimum atomic E-state index is 0.221. The third-order valence-corrected chi connectivity index (χ3v) is 6.58. The maximum absolute atomic E-state index is 3.87. The van der Waals surface area contributed by atoms with E-state index < -0.39 is 0 Å². The maximum Gasteiger partial charge on any atom is 0.0738 e. The number of hydrogen-bond acceptors (Lipinski definition) is 1. The van der Waals surface area contributed by atoms with Crippen LogP contribution in [0, 0.1) is 0 Å². The highest BCUT2D eigenvalue weighted by Gasteiger charge is 2.19. The fourth-order valence-electron chi connectivity index (χ4n) is 2.42. The maximum atomic E-state index is 3.87. The molecule has 1 aromatic heterocycles. The van der Waals surface area contributed by atoms with Gasteiger partial charge in [0.15, 0.2) is 0 Å². The molecule has 0 saturated carbocycles. The molecule has 0 saturated heterocycles. The topological polar surface area (TPSA) is 0 Å². The molecular formula is C19H19BrS. The van der Waals surface area contributed by atoms with Crippen LogP contribution in [0.15, 0.2) is 54.6 Å². The number of benzene rings is 2. The number of rotatable bonds is 2. The van der Waals surface area contributed by atoms with Crippen LogP contribution in [0.1, 0.15) is 40.9 Å². The van der Waals surface area contributed by atoms with Crippen molar-refractivity contribution in [3.05, 3.63) is 69.9 Å². The zero-order chi connectivity index (χ0) is 15.0. The summed E-state index contributed by atoms with van der Waals surface area (Å²) in [7, 11) is 0. The lowest BCUT2D eigenvalue weighted by Gasteiger charge is -2.16. The molecule has 3 aromatic rings. The quantitative estimate of drug-likeness (QED) is 0.448. The third-order valence-electron chi connectivity index (χ3n) is 3.68. The second-order valence-corrected chi connectivity index (χ2v) is 8.45. The highest BCUT2D eigenvalue weighted by Crippen LogP contribution is 2.39. The van der Waals surface area contributed by atoms with Gasteiger partial charge in [-0.2, -0.15) is 0 Å². The van der Waals surface area contributed by atoms with E-state index in [-0.39, 0.29) is 10.2 Å². The van der Waals surface area contributed by atoms with E-state index in [1.807, 2.05) is 11.3 Å². The molecule has 1 unspecified atom stereocenters. The first-order valence-corrected chi connectivity index (χ1v) is 8.91. The van der Waals surface area contributed by atoms with Crippen LogP contribution in [0.5, 0.6) is 0 Å². The summed E-state index contributed by atoms with van der Waals surface area (Å²) in [5.41, 5.74) is 1.54. The lowest BCUT2D eigenvalue weighted by atomic mass is 9.95. The molecule has 0 aliphatic rings. The molecule has 108 valence electrons. The smallest absolute Gasteiger partial charge is 0.0738 e. The van der Waals surface area contributed by atoms with Gasteiger partial charge in [-0.1, -0.05) is 73.1 Å². The summed E-state index contributed by atoms with van der Waals surface area (Å²) in [4.78, 5) is 3.07. The van der Waals surface area contributed by atoms with E-state index in [1.54, 1.807) is 0 Å². The first-order chi connectivity index (χ1) is 9.95. The Labute approximate surface area is 139 Å². The second kappa shape index (κ2) is 5.58. The average Bonchev–Trinajstić information content (AvgIpc) is 2.96. The molecule has 3 rings (SSSR count). The van der Waals surface area contributed by atoms with Gasteiger partial charge in [0.2, 0.25) is 0 Å². The van der Waals surface area contributed by atoms with E-state index in [2.05, 4.69) is 91.3 Å². The summed E-state index contributed by atoms with van der Waals surface area (Å²) in [6, 6.07) is 19.7. The number of thiophene rings is 1. The molecule has 0 aliphatic carbocycles. The van der Waals surface area contributed by atoms with Crippen molar-refractivity contribution in [2.24, 2.45) is 0 Å². The van der Waals surface area contributed by atoms with Crippen molar-refractivity contribution in [2.45, 2.75) is 31.0 Å². The van der Waals surface area contributed by atoms with Crippen LogP contribution in [-0.2, 0) is 5.41 Å². The van der Waals surface area contributed by atoms with Gasteiger partial charge in [0, 0.05) is 9.75 Å². The number of fused-ring (bicyclic) bond motifs is 1. The second-order valence-electron chi connectivity index (χ2n) is 6.42. The molecule has 0 amide bonds. The molecule has 1 atom stereocenters. The van der Waals surface area contributed by atoms with Crippen molar-refractivity contribution < 1.29 is 0 Å². The predicted molar refractivity (Wildman–Crippen MR) is 97.7 cm³/mol. The van der Waals surface area contributed by atoms with Crippen LogP contribution in [0.2, 0.25) is 0 Å². The first kappa shape index (κ1) is 14.8. The Morgan fingerprint density at radius 1 is 0.905 bits per heavy atom. The van der Waals surface area contributed by atoms with Crippen molar-refractivity contribution in [2.75, 3.05) is 0 Å². The SMILES string of the molecule is CC(C)(C)c1ccc(C(Br)c2ccc3ccccc3c2)s1. The molecule has 0 N–H and O–H groups in total. The Kier molecular flexibility index (Phi) is 3.94. The zero-order valence-electron chi connectivity index (χ0n) is 12.6. The summed E-state index contributed by atoms with van der Waals surface area (Å²) >= 11 is 5.77. The molecule has 2 aromatic carbocycles. The molecule has 0 bridgehead atoms. The van der Waals surface area contributed by atoms with Gasteiger partial charge in [-0.25, -0.2) is 0 Å². The fraction of sp³-hybridized carbons (Fsp3) is 0.263. The number of hydrogen-bond donors (Lipinski definition) is 0. The highest BCUT2D eigenvalue weighted by molar-refractivity contribution is 9.09. The number of alkyl halides is 1. The molecule has 1 heterocycles. The molecule has 0 nitrogen and oxygen atoms in total. The number of halogens is 1. The molecule has 0 fully saturated rings. The van der Waals surface area contributed by atoms with Crippen molar-refractivity contribution in [3.63, 3.8) is 0 Å². The van der Waals surface area contributed by atoms with Gasteiger partial charge in [0.05, 0.1) is 4.83 Å². The molecule has 21 heavy (non-hydrogen) atoms. The summed E-state index contributed by atoms with van der Waals surface area (Å²) in [5, 5.41) is 2.59. The lowest BCUT2D eigenvalue weighted by Crippen LogP contribution is -2.07. The summed E-state index contributed by atoms with van der Waals surface area (Å²) in [5.74, 6) is 0. The first-order valence-electron chi connectivity index (χ1n) is 7.18. The summed E-state index contributed by atoms with van der Waals surface area (Å²) < 4.78 is 0. The van der Waals surface area contributed by atoms with Crippen LogP contribution >= 0.6 is 27.3 Å². The third kappa shape index (κ3) is 3.07. The standard InChI is InChI=1S/C19H19BrS/c1-19(2,3)17-11-10-16(21-17)18(20)15-9-8-13-6-4-5-7-14(13)12-15/h4-12,18H,1-3H3. The van der Waals surface area contributed by atoms with E-state index in [0.29, 0.717) is 0 Å². The highest BCUT2D eigenvalue weighted by atomic mass is 79.9. The van der Waals surface area contributed by atoms with Gasteiger partial charge < -0.3 is 0 Å². The minimum Gasteiger partial charge on any atom is -0.143 e. The van der Waals surface area contributed by atoms with Gasteiger partial charge in [0.25, 0.3) is 0 Å². The normalized spacial score (nSPS) is 13.5. The molecule has 0 aliphatic heterocycles. The molecular weight excluding hydrogens is 340 g/mol. The van der Waals surface area contributed by atoms with Crippen molar-refractivity contribution in [1.82, 2.24) is 0 Å². The summed E-state index contributed by atoms with van der Waals surface area (Å²) in [6.07, 6.45) is 0. The Morgan fingerprint density at radius 3 is 2.29 bits per heavy atom. The summed E-state index contributed by atoms with van der Waals surface area (Å²) in [6.45, 7) is 6.80. The van der Waals surface area contributed by atoms with Crippen LogP contribution in [0.3, 0.4) is 0 Å². The molecule has 0 spiro atoms. The van der Waals surface area contributed by atoms with Gasteiger partial charge in [-0.3, -0.25) is 0 Å². The lowest BCUT2D eigenvalue weighted by molar-refractivity contribution is 0.604. The van der Waals surface area contributed by atoms with E-state index in [9.17, 15) is 0 Å². The fourth-order valence-corrected chi connectivity index (χ4v) is 4.21. The Hall–Kier alpha value is -1.12. The van der Waals surface area contributed by atoms with Gasteiger partial charge in [-0.05, 0) is 39.9 Å². The largest absolute Gasteiger partial charge is 0.143 e. The molecule has 0 radical (unpaired) electrons. The Bertz CT molecular complexity index is 764. The van der Waals surface area contributed by atoms with Crippen molar-refractivity contribution in [3.8, 4) is 0 Å². The van der Waals surface area contributed by atoms with E-state index in [4.69, 9.17) is 0 Å². The Morgan fingerprint density at radius 2 is 1.62 bits per heavy atom. The Balaban J connectivity index is 1.96. The van der Waals surface area contributed by atoms with Crippen LogP contribution in [0.4, 0.5) is 0 Å². The van der Waals surface area contributed by atoms with Gasteiger partial charge in [-0.15, -0.1) is 11.3 Å². The van der Waals surface area contributed by atoms with E-state index in [1.165, 1.54) is 26.1 Å². The van der Waals surface area contributed by atoms with Gasteiger partial charge >= 0.3 is 0 Å². The van der Waals surface area contributed by atoms with Crippen LogP contribution in [0.25, 0.3) is 10.8 Å². The minimum absolute atomic E-state index is 0.221. The van der Waals surface area contributed by atoms with Crippen LogP contribution in [-0.4, -0.2) is 0 Å². The zero-order valence-corrected chi connectivity index (χ0v) is 15.0. The monoisotopic (exact) mass is 358 g/mol. The average molecular weight is 359 g/mol. The van der Waals surface area contributed by atoms with E-state index in [0.717, 1.165) is 0 Å². The van der Waals surface area contributed by atoms with Crippen molar-refractivity contribution >= 4 is 38.0 Å². The van der Waals surface area contributed by atoms with Gasteiger partial charge in [0.1, 0.15) is 0 Å². The predicted octanol–water partition coefficient (Wildman–Crippen LogP) is 6.68. The molecule has 2 heteroatoms. The van der Waals surface area contributed by atoms with Crippen molar-refractivity contribution in [1.29, 1.82) is 0 Å². The van der Waals surface area contributed by atoms with E-state index >= 15 is 0 Å². The van der Waals surface area contributed by atoms with Crippen LogP contribution < -0.4 is 0 Å².